The highest BCUT2D eigenvalue weighted by Gasteiger charge is 2.41. The Balaban J connectivity index is 1.57. The predicted octanol–water partition coefficient (Wildman–Crippen LogP) is 1.96. The van der Waals surface area contributed by atoms with Gasteiger partial charge in [-0.25, -0.2) is 13.4 Å². The molecule has 0 bridgehead atoms. The van der Waals surface area contributed by atoms with Gasteiger partial charge in [0.25, 0.3) is 0 Å². The molecule has 0 unspecified atom stereocenters. The zero-order valence-electron chi connectivity index (χ0n) is 12.8. The molecule has 2 aromatic heterocycles. The second-order valence-corrected chi connectivity index (χ2v) is 7.69. The molecule has 4 rings (SSSR count). The number of para-hydroxylation sites is 2. The molecular weight excluding hydrogens is 316 g/mol. The van der Waals surface area contributed by atoms with Crippen LogP contribution in [0.3, 0.4) is 0 Å². The molecule has 1 aromatic carbocycles. The van der Waals surface area contributed by atoms with E-state index in [2.05, 4.69) is 15.1 Å². The molecule has 1 N–H and O–H groups in total. The van der Waals surface area contributed by atoms with E-state index in [4.69, 9.17) is 4.52 Å². The third kappa shape index (κ3) is 2.17. The molecule has 23 heavy (non-hydrogen) atoms. The van der Waals surface area contributed by atoms with Crippen molar-refractivity contribution in [3.63, 3.8) is 0 Å². The lowest BCUT2D eigenvalue weighted by Crippen LogP contribution is -2.48. The standard InChI is InChI=1S/C15H16N4O3S/c1-9-14(10(2)22-18-9)23(20,21)19-7-11(8-19)15-16-12-5-3-4-6-13(12)17-15/h3-6,11H,7-8H2,1-2H3,(H,16,17). The fraction of sp³-hybridized carbons (Fsp3) is 0.333. The quantitative estimate of drug-likeness (QED) is 0.791. The van der Waals surface area contributed by atoms with Crippen LogP contribution in [0.15, 0.2) is 33.7 Å². The number of H-pyrrole nitrogens is 1. The van der Waals surface area contributed by atoms with Gasteiger partial charge in [-0.15, -0.1) is 0 Å². The zero-order chi connectivity index (χ0) is 16.2. The van der Waals surface area contributed by atoms with Crippen LogP contribution in [0.4, 0.5) is 0 Å². The highest BCUT2D eigenvalue weighted by Crippen LogP contribution is 2.33. The highest BCUT2D eigenvalue weighted by molar-refractivity contribution is 7.89. The lowest BCUT2D eigenvalue weighted by Gasteiger charge is -2.36. The molecule has 0 amide bonds. The van der Waals surface area contributed by atoms with Crippen molar-refractivity contribution in [3.05, 3.63) is 41.5 Å². The molecule has 3 aromatic rings. The lowest BCUT2D eigenvalue weighted by molar-refractivity contribution is 0.256. The van der Waals surface area contributed by atoms with Crippen molar-refractivity contribution in [1.29, 1.82) is 0 Å². The van der Waals surface area contributed by atoms with Crippen molar-refractivity contribution in [2.75, 3.05) is 13.1 Å². The third-order valence-corrected chi connectivity index (χ3v) is 6.28. The van der Waals surface area contributed by atoms with Crippen molar-refractivity contribution in [1.82, 2.24) is 19.4 Å². The van der Waals surface area contributed by atoms with Crippen LogP contribution in [0.1, 0.15) is 23.2 Å². The fourth-order valence-corrected chi connectivity index (χ4v) is 4.77. The number of nitrogens with zero attached hydrogens (tertiary/aromatic N) is 3. The first-order valence-electron chi connectivity index (χ1n) is 7.34. The summed E-state index contributed by atoms with van der Waals surface area (Å²) in [4.78, 5) is 7.99. The van der Waals surface area contributed by atoms with Gasteiger partial charge in [-0.3, -0.25) is 0 Å². The molecule has 0 aliphatic carbocycles. The molecule has 0 spiro atoms. The van der Waals surface area contributed by atoms with Crippen LogP contribution in [0.5, 0.6) is 0 Å². The Morgan fingerprint density at radius 1 is 1.26 bits per heavy atom. The van der Waals surface area contributed by atoms with E-state index in [1.165, 1.54) is 4.31 Å². The number of fused-ring (bicyclic) bond motifs is 1. The van der Waals surface area contributed by atoms with Gasteiger partial charge in [0.15, 0.2) is 5.76 Å². The molecule has 0 saturated carbocycles. The highest BCUT2D eigenvalue weighted by atomic mass is 32.2. The van der Waals surface area contributed by atoms with Gasteiger partial charge in [0.05, 0.1) is 11.0 Å². The number of benzene rings is 1. The van der Waals surface area contributed by atoms with Crippen LogP contribution in [0, 0.1) is 13.8 Å². The molecule has 1 saturated heterocycles. The van der Waals surface area contributed by atoms with Crippen LogP contribution < -0.4 is 0 Å². The minimum Gasteiger partial charge on any atom is -0.360 e. The van der Waals surface area contributed by atoms with Crippen molar-refractivity contribution >= 4 is 21.1 Å². The molecule has 1 aliphatic heterocycles. The molecule has 7 nitrogen and oxygen atoms in total. The molecule has 1 fully saturated rings. The van der Waals surface area contributed by atoms with Gasteiger partial charge in [0.2, 0.25) is 10.0 Å². The largest absolute Gasteiger partial charge is 0.360 e. The summed E-state index contributed by atoms with van der Waals surface area (Å²) in [5, 5.41) is 3.73. The Kier molecular flexibility index (Phi) is 3.07. The second-order valence-electron chi connectivity index (χ2n) is 5.81. The van der Waals surface area contributed by atoms with Gasteiger partial charge in [-0.05, 0) is 26.0 Å². The summed E-state index contributed by atoms with van der Waals surface area (Å²) >= 11 is 0. The maximum atomic E-state index is 12.7. The predicted molar refractivity (Wildman–Crippen MR) is 83.6 cm³/mol. The van der Waals surface area contributed by atoms with E-state index in [9.17, 15) is 8.42 Å². The van der Waals surface area contributed by atoms with E-state index < -0.39 is 10.0 Å². The molecular formula is C15H16N4O3S. The van der Waals surface area contributed by atoms with Gasteiger partial charge in [0.1, 0.15) is 16.4 Å². The first-order valence-corrected chi connectivity index (χ1v) is 8.78. The topological polar surface area (TPSA) is 92.1 Å². The minimum atomic E-state index is -3.56. The molecule has 0 radical (unpaired) electrons. The number of aromatic amines is 1. The summed E-state index contributed by atoms with van der Waals surface area (Å²) in [6.07, 6.45) is 0. The first kappa shape index (κ1) is 14.4. The van der Waals surface area contributed by atoms with Crippen molar-refractivity contribution in [3.8, 4) is 0 Å². The van der Waals surface area contributed by atoms with Crippen LogP contribution >= 0.6 is 0 Å². The van der Waals surface area contributed by atoms with Crippen LogP contribution in [-0.2, 0) is 10.0 Å². The maximum Gasteiger partial charge on any atom is 0.248 e. The Morgan fingerprint density at radius 2 is 2.00 bits per heavy atom. The van der Waals surface area contributed by atoms with Gasteiger partial charge >= 0.3 is 0 Å². The third-order valence-electron chi connectivity index (χ3n) is 4.21. The van der Waals surface area contributed by atoms with E-state index in [0.29, 0.717) is 24.5 Å². The summed E-state index contributed by atoms with van der Waals surface area (Å²) in [5.74, 6) is 1.24. The zero-order valence-corrected chi connectivity index (χ0v) is 13.6. The van der Waals surface area contributed by atoms with Gasteiger partial charge in [-0.1, -0.05) is 17.3 Å². The molecule has 1 aliphatic rings. The monoisotopic (exact) mass is 332 g/mol. The van der Waals surface area contributed by atoms with Crippen molar-refractivity contribution < 1.29 is 12.9 Å². The molecule has 3 heterocycles. The SMILES string of the molecule is Cc1noc(C)c1S(=O)(=O)N1CC(c2nc3ccccc3[nH]2)C1. The molecule has 120 valence electrons. The Bertz CT molecular complexity index is 931. The van der Waals surface area contributed by atoms with E-state index in [1.54, 1.807) is 13.8 Å². The molecule has 8 heteroatoms. The fourth-order valence-electron chi connectivity index (χ4n) is 2.95. The van der Waals surface area contributed by atoms with Gasteiger partial charge in [-0.2, -0.15) is 4.31 Å². The summed E-state index contributed by atoms with van der Waals surface area (Å²) < 4.78 is 31.7. The number of imidazole rings is 1. The Hall–Kier alpha value is -2.19. The summed E-state index contributed by atoms with van der Waals surface area (Å²) in [6, 6.07) is 7.77. The van der Waals surface area contributed by atoms with Crippen LogP contribution in [-0.4, -0.2) is 40.9 Å². The number of sulfonamides is 1. The average molecular weight is 332 g/mol. The van der Waals surface area contributed by atoms with E-state index in [1.807, 2.05) is 24.3 Å². The number of aryl methyl sites for hydroxylation is 2. The smallest absolute Gasteiger partial charge is 0.248 e. The summed E-state index contributed by atoms with van der Waals surface area (Å²) in [5.41, 5.74) is 2.26. The van der Waals surface area contributed by atoms with E-state index in [-0.39, 0.29) is 10.8 Å². The minimum absolute atomic E-state index is 0.0812. The second kappa shape index (κ2) is 4.90. The van der Waals surface area contributed by atoms with Crippen molar-refractivity contribution in [2.45, 2.75) is 24.7 Å². The molecule has 0 atom stereocenters. The van der Waals surface area contributed by atoms with Gasteiger partial charge in [0, 0.05) is 19.0 Å². The van der Waals surface area contributed by atoms with Crippen LogP contribution in [0.25, 0.3) is 11.0 Å². The number of rotatable bonds is 3. The number of aromatic nitrogens is 3. The van der Waals surface area contributed by atoms with Crippen LogP contribution in [0.2, 0.25) is 0 Å². The lowest BCUT2D eigenvalue weighted by atomic mass is 10.0. The number of nitrogens with one attached hydrogen (secondary N) is 1. The summed E-state index contributed by atoms with van der Waals surface area (Å²) in [7, 11) is -3.56. The average Bonchev–Trinajstić information content (AvgIpc) is 3.00. The normalized spacial score (nSPS) is 16.8. The van der Waals surface area contributed by atoms with Gasteiger partial charge < -0.3 is 9.51 Å². The van der Waals surface area contributed by atoms with E-state index >= 15 is 0 Å². The van der Waals surface area contributed by atoms with Crippen molar-refractivity contribution in [2.24, 2.45) is 0 Å². The Labute approximate surface area is 133 Å². The first-order chi connectivity index (χ1) is 11.0. The number of hydrogen-bond acceptors (Lipinski definition) is 5. The number of hydrogen-bond donors (Lipinski definition) is 1. The maximum absolute atomic E-state index is 12.7. The van der Waals surface area contributed by atoms with E-state index in [0.717, 1.165) is 16.9 Å². The summed E-state index contributed by atoms with van der Waals surface area (Å²) in [6.45, 7) is 4.07. The Morgan fingerprint density at radius 3 is 2.65 bits per heavy atom.